The van der Waals surface area contributed by atoms with E-state index >= 15 is 0 Å². The van der Waals surface area contributed by atoms with Crippen LogP contribution in [0.5, 0.6) is 0 Å². The van der Waals surface area contributed by atoms with E-state index in [-0.39, 0.29) is 17.1 Å². The van der Waals surface area contributed by atoms with Crippen LogP contribution in [-0.2, 0) is 17.1 Å². The first-order valence-corrected chi connectivity index (χ1v) is 3.72. The summed E-state index contributed by atoms with van der Waals surface area (Å²) in [5.74, 6) is -5.50. The molecule has 0 spiro atoms. The molecule has 1 aromatic carbocycles. The summed E-state index contributed by atoms with van der Waals surface area (Å²) in [5.41, 5.74) is -2.45. The Kier molecular flexibility index (Phi) is 4.68. The molecule has 0 aliphatic rings. The second kappa shape index (κ2) is 5.29. The summed E-state index contributed by atoms with van der Waals surface area (Å²) in [5, 5.41) is 31.5. The zero-order valence-corrected chi connectivity index (χ0v) is 8.64. The van der Waals surface area contributed by atoms with E-state index < -0.39 is 34.6 Å². The number of rotatable bonds is 3. The van der Waals surface area contributed by atoms with E-state index in [1.807, 2.05) is 0 Å². The van der Waals surface area contributed by atoms with Crippen LogP contribution >= 0.6 is 0 Å². The van der Waals surface area contributed by atoms with E-state index in [9.17, 15) is 29.7 Å². The number of carboxylic acids is 3. The fourth-order valence-electron chi connectivity index (χ4n) is 1.11. The van der Waals surface area contributed by atoms with E-state index in [0.717, 1.165) is 18.2 Å². The number of carboxylic acid groups (broad SMARTS) is 3. The molecule has 0 aliphatic heterocycles. The van der Waals surface area contributed by atoms with Gasteiger partial charge in [-0.05, 0) is 0 Å². The molecule has 1 radical (unpaired) electrons. The average Bonchev–Trinajstić information content (AvgIpc) is 2.16. The zero-order valence-electron chi connectivity index (χ0n) is 7.54. The van der Waals surface area contributed by atoms with E-state index in [1.165, 1.54) is 0 Å². The molecule has 6 nitrogen and oxygen atoms in total. The van der Waals surface area contributed by atoms with Crippen LogP contribution in [0.1, 0.15) is 31.1 Å². The molecule has 0 aromatic heterocycles. The summed E-state index contributed by atoms with van der Waals surface area (Å²) >= 11 is 0. The topological polar surface area (TPSA) is 120 Å². The van der Waals surface area contributed by atoms with Gasteiger partial charge in [0.15, 0.2) is 0 Å². The molecule has 0 saturated heterocycles. The van der Waals surface area contributed by atoms with Gasteiger partial charge in [0.1, 0.15) is 0 Å². The Morgan fingerprint density at radius 1 is 0.812 bits per heavy atom. The van der Waals surface area contributed by atoms with Gasteiger partial charge in [-0.2, -0.15) is 0 Å². The molecule has 1 aromatic rings. The first-order chi connectivity index (χ1) is 6.95. The second-order valence-electron chi connectivity index (χ2n) is 2.59. The van der Waals surface area contributed by atoms with Crippen LogP contribution in [0.2, 0.25) is 0 Å². The molecule has 0 heterocycles. The smallest absolute Gasteiger partial charge is 0.545 e. The molecule has 0 saturated carbocycles. The maximum absolute atomic E-state index is 10.6. The van der Waals surface area contributed by atoms with Crippen molar-refractivity contribution in [3.63, 3.8) is 0 Å². The molecular weight excluding hydrogens is 260 g/mol. The summed E-state index contributed by atoms with van der Waals surface area (Å²) in [7, 11) is 0. The normalized spacial score (nSPS) is 9.00. The number of aromatic carboxylic acids is 3. The number of carbonyl (C=O) groups is 3. The first kappa shape index (κ1) is 14.1. The van der Waals surface area contributed by atoms with E-state index in [4.69, 9.17) is 0 Å². The van der Waals surface area contributed by atoms with Gasteiger partial charge in [0, 0.05) is 16.7 Å². The first-order valence-electron chi connectivity index (χ1n) is 3.72. The van der Waals surface area contributed by atoms with Crippen LogP contribution in [-0.4, -0.2) is 17.9 Å². The Morgan fingerprint density at radius 3 is 1.44 bits per heavy atom. The number of carbonyl (C=O) groups excluding carboxylic acids is 3. The van der Waals surface area contributed by atoms with E-state index in [2.05, 4.69) is 0 Å². The monoisotopic (exact) mass is 263 g/mol. The van der Waals surface area contributed by atoms with Crippen molar-refractivity contribution in [2.24, 2.45) is 0 Å². The summed E-state index contributed by atoms with van der Waals surface area (Å²) in [6, 6.07) is 2.89. The molecule has 7 heteroatoms. The van der Waals surface area contributed by atoms with Gasteiger partial charge in [-0.15, -0.1) is 0 Å². The van der Waals surface area contributed by atoms with Crippen LogP contribution in [0.4, 0.5) is 0 Å². The van der Waals surface area contributed by atoms with Gasteiger partial charge in [-0.1, -0.05) is 18.2 Å². The number of hydrogen-bond acceptors (Lipinski definition) is 6. The third-order valence-electron chi connectivity index (χ3n) is 1.71. The van der Waals surface area contributed by atoms with Crippen molar-refractivity contribution in [1.82, 2.24) is 0 Å². The quantitative estimate of drug-likeness (QED) is 0.529. The van der Waals surface area contributed by atoms with Crippen LogP contribution in [0.3, 0.4) is 0 Å². The molecule has 0 atom stereocenters. The number of benzene rings is 1. The Labute approximate surface area is 100.0 Å². The van der Waals surface area contributed by atoms with Crippen molar-refractivity contribution in [1.29, 1.82) is 0 Å². The largest absolute Gasteiger partial charge is 3.00 e. The molecule has 0 N–H and O–H groups in total. The minimum Gasteiger partial charge on any atom is -0.545 e. The Bertz CT molecular complexity index is 421. The van der Waals surface area contributed by atoms with Gasteiger partial charge < -0.3 is 29.7 Å². The average molecular weight is 263 g/mol. The molecule has 0 unspecified atom stereocenters. The van der Waals surface area contributed by atoms with Crippen molar-refractivity contribution in [2.45, 2.75) is 0 Å². The standard InChI is InChI=1S/C9H6O6.Fe/c10-7(11)4-2-1-3-5(8(12)13)6(4)9(14)15;/h1-3H,(H,10,11)(H,12,13)(H,14,15);/q;+3/p-3. The van der Waals surface area contributed by atoms with E-state index in [1.54, 1.807) is 0 Å². The van der Waals surface area contributed by atoms with Crippen LogP contribution < -0.4 is 15.3 Å². The summed E-state index contributed by atoms with van der Waals surface area (Å²) < 4.78 is 0. The van der Waals surface area contributed by atoms with Gasteiger partial charge in [0.25, 0.3) is 0 Å². The molecule has 0 bridgehead atoms. The summed E-state index contributed by atoms with van der Waals surface area (Å²) in [6.45, 7) is 0. The molecule has 83 valence electrons. The maximum Gasteiger partial charge on any atom is 3.00 e. The van der Waals surface area contributed by atoms with Crippen LogP contribution in [0.25, 0.3) is 0 Å². The third kappa shape index (κ3) is 2.59. The minimum absolute atomic E-state index is 0. The SMILES string of the molecule is O=C([O-])c1cccc(C(=O)[O-])c1C(=O)[O-].[Fe+3]. The molecule has 0 amide bonds. The molecular formula is C9H3FeO6. The van der Waals surface area contributed by atoms with Crippen molar-refractivity contribution >= 4 is 17.9 Å². The molecule has 1 rings (SSSR count). The Morgan fingerprint density at radius 2 is 1.19 bits per heavy atom. The van der Waals surface area contributed by atoms with Crippen molar-refractivity contribution in [3.05, 3.63) is 34.9 Å². The van der Waals surface area contributed by atoms with Gasteiger partial charge in [0.2, 0.25) is 0 Å². The molecule has 0 fully saturated rings. The second-order valence-corrected chi connectivity index (χ2v) is 2.59. The molecule has 16 heavy (non-hydrogen) atoms. The van der Waals surface area contributed by atoms with E-state index in [0.29, 0.717) is 0 Å². The third-order valence-corrected chi connectivity index (χ3v) is 1.71. The van der Waals surface area contributed by atoms with Crippen molar-refractivity contribution in [3.8, 4) is 0 Å². The van der Waals surface area contributed by atoms with Crippen molar-refractivity contribution < 1.29 is 46.8 Å². The van der Waals surface area contributed by atoms with Crippen LogP contribution in [0.15, 0.2) is 18.2 Å². The number of hydrogen-bond donors (Lipinski definition) is 0. The Balaban J connectivity index is 0.00000225. The van der Waals surface area contributed by atoms with Gasteiger partial charge >= 0.3 is 17.1 Å². The van der Waals surface area contributed by atoms with Gasteiger partial charge in [-0.25, -0.2) is 0 Å². The predicted molar refractivity (Wildman–Crippen MR) is 39.4 cm³/mol. The zero-order chi connectivity index (χ0) is 11.6. The van der Waals surface area contributed by atoms with Gasteiger partial charge in [0.05, 0.1) is 17.9 Å². The Hall–Kier alpha value is -1.85. The maximum atomic E-state index is 10.6. The fraction of sp³-hybridized carbons (Fsp3) is 0. The van der Waals surface area contributed by atoms with Crippen molar-refractivity contribution in [2.75, 3.05) is 0 Å². The summed E-state index contributed by atoms with van der Waals surface area (Å²) in [4.78, 5) is 31.5. The minimum atomic E-state index is -1.91. The predicted octanol–water partition coefficient (Wildman–Crippen LogP) is -3.23. The fourth-order valence-corrected chi connectivity index (χ4v) is 1.11. The molecule has 0 aliphatic carbocycles. The van der Waals surface area contributed by atoms with Crippen LogP contribution in [0, 0.1) is 0 Å². The summed E-state index contributed by atoms with van der Waals surface area (Å²) in [6.07, 6.45) is 0. The van der Waals surface area contributed by atoms with Gasteiger partial charge in [-0.3, -0.25) is 0 Å².